The zero-order chi connectivity index (χ0) is 13.8. The molecule has 1 heterocycles. The highest BCUT2D eigenvalue weighted by molar-refractivity contribution is 5.00. The first-order chi connectivity index (χ1) is 8.40. The van der Waals surface area contributed by atoms with E-state index in [9.17, 15) is 5.11 Å². The Bertz CT molecular complexity index is 271. The van der Waals surface area contributed by atoms with Gasteiger partial charge in [0.1, 0.15) is 12.2 Å². The maximum Gasteiger partial charge on any atom is 0.217 e. The smallest absolute Gasteiger partial charge is 0.217 e. The van der Waals surface area contributed by atoms with Crippen LogP contribution in [0.5, 0.6) is 0 Å². The second kappa shape index (κ2) is 6.12. The van der Waals surface area contributed by atoms with Gasteiger partial charge in [0, 0.05) is 13.2 Å². The third-order valence-electron chi connectivity index (χ3n) is 2.82. The molecule has 1 fully saturated rings. The highest BCUT2D eigenvalue weighted by atomic mass is 16.8. The molecule has 0 unspecified atom stereocenters. The highest BCUT2D eigenvalue weighted by Gasteiger charge is 2.47. The molecule has 0 amide bonds. The first-order valence-corrected chi connectivity index (χ1v) is 6.32. The van der Waals surface area contributed by atoms with Gasteiger partial charge in [-0.3, -0.25) is 0 Å². The number of aliphatic hydroxyl groups excluding tert-OH is 1. The maximum absolute atomic E-state index is 10.4. The summed E-state index contributed by atoms with van der Waals surface area (Å²) in [6, 6.07) is 0. The van der Waals surface area contributed by atoms with Crippen LogP contribution >= 0.6 is 0 Å². The summed E-state index contributed by atoms with van der Waals surface area (Å²) in [6.45, 7) is 12.1. The van der Waals surface area contributed by atoms with E-state index in [0.29, 0.717) is 19.8 Å². The largest absolute Gasteiger partial charge is 0.384 e. The molecule has 18 heavy (non-hydrogen) atoms. The standard InChI is InChI=1S/C13H24O5/c1-6-13(15-7-2,16-8-3)11(14)10-9-17-12(4,5)18-10/h6,10-11,14H,1,7-9H2,2-5H3/t10-,11-/m1/s1. The summed E-state index contributed by atoms with van der Waals surface area (Å²) in [5.74, 6) is -1.95. The summed E-state index contributed by atoms with van der Waals surface area (Å²) < 4.78 is 22.1. The molecular formula is C13H24O5. The summed E-state index contributed by atoms with van der Waals surface area (Å²) in [5, 5.41) is 10.4. The minimum atomic E-state index is -1.25. The zero-order valence-electron chi connectivity index (χ0n) is 11.6. The molecule has 1 aliphatic rings. The van der Waals surface area contributed by atoms with Gasteiger partial charge in [0.15, 0.2) is 5.79 Å². The lowest BCUT2D eigenvalue weighted by atomic mass is 10.0. The van der Waals surface area contributed by atoms with E-state index >= 15 is 0 Å². The van der Waals surface area contributed by atoms with Gasteiger partial charge >= 0.3 is 0 Å². The highest BCUT2D eigenvalue weighted by Crippen LogP contribution is 2.31. The zero-order valence-corrected chi connectivity index (χ0v) is 11.6. The van der Waals surface area contributed by atoms with E-state index in [1.807, 2.05) is 13.8 Å². The van der Waals surface area contributed by atoms with Gasteiger partial charge in [-0.15, -0.1) is 0 Å². The van der Waals surface area contributed by atoms with E-state index < -0.39 is 23.8 Å². The molecule has 5 heteroatoms. The van der Waals surface area contributed by atoms with Crippen molar-refractivity contribution in [3.63, 3.8) is 0 Å². The van der Waals surface area contributed by atoms with E-state index in [2.05, 4.69) is 6.58 Å². The molecule has 1 saturated heterocycles. The Morgan fingerprint density at radius 1 is 1.44 bits per heavy atom. The van der Waals surface area contributed by atoms with Gasteiger partial charge in [0.25, 0.3) is 0 Å². The average Bonchev–Trinajstić information content (AvgIpc) is 2.68. The van der Waals surface area contributed by atoms with Gasteiger partial charge in [0.2, 0.25) is 5.79 Å². The summed E-state index contributed by atoms with van der Waals surface area (Å²) in [5.41, 5.74) is 0. The van der Waals surface area contributed by atoms with Crippen LogP contribution in [0.1, 0.15) is 27.7 Å². The van der Waals surface area contributed by atoms with Crippen LogP contribution in [0.4, 0.5) is 0 Å². The fourth-order valence-electron chi connectivity index (χ4n) is 2.03. The number of hydrogen-bond donors (Lipinski definition) is 1. The van der Waals surface area contributed by atoms with Crippen molar-refractivity contribution in [2.24, 2.45) is 0 Å². The maximum atomic E-state index is 10.4. The fourth-order valence-corrected chi connectivity index (χ4v) is 2.03. The number of hydrogen-bond acceptors (Lipinski definition) is 5. The van der Waals surface area contributed by atoms with E-state index in [0.717, 1.165) is 0 Å². The van der Waals surface area contributed by atoms with E-state index in [-0.39, 0.29) is 0 Å². The van der Waals surface area contributed by atoms with Crippen LogP contribution in [0.3, 0.4) is 0 Å². The predicted octanol–water partition coefficient (Wildman–Crippen LogP) is 1.45. The van der Waals surface area contributed by atoms with Crippen LogP contribution in [-0.2, 0) is 18.9 Å². The molecule has 0 bridgehead atoms. The van der Waals surface area contributed by atoms with Crippen LogP contribution in [0, 0.1) is 0 Å². The van der Waals surface area contributed by atoms with Crippen molar-refractivity contribution in [2.45, 2.75) is 51.5 Å². The molecule has 1 N–H and O–H groups in total. The Kier molecular flexibility index (Phi) is 5.31. The lowest BCUT2D eigenvalue weighted by molar-refractivity contribution is -0.272. The molecule has 0 aromatic rings. The van der Waals surface area contributed by atoms with Crippen LogP contribution in [-0.4, -0.2) is 48.7 Å². The quantitative estimate of drug-likeness (QED) is 0.554. The first-order valence-electron chi connectivity index (χ1n) is 6.32. The third-order valence-corrected chi connectivity index (χ3v) is 2.82. The monoisotopic (exact) mass is 260 g/mol. The van der Waals surface area contributed by atoms with Crippen LogP contribution in [0.15, 0.2) is 12.7 Å². The van der Waals surface area contributed by atoms with Crippen molar-refractivity contribution in [1.29, 1.82) is 0 Å². The van der Waals surface area contributed by atoms with Crippen molar-refractivity contribution in [3.8, 4) is 0 Å². The molecule has 2 atom stereocenters. The number of aliphatic hydroxyl groups is 1. The summed E-state index contributed by atoms with van der Waals surface area (Å²) in [7, 11) is 0. The Morgan fingerprint density at radius 3 is 2.33 bits per heavy atom. The average molecular weight is 260 g/mol. The SMILES string of the molecule is C=CC(OCC)(OCC)[C@H](O)[C@H]1COC(C)(C)O1. The third kappa shape index (κ3) is 3.30. The number of ether oxygens (including phenoxy) is 4. The van der Waals surface area contributed by atoms with Crippen molar-refractivity contribution < 1.29 is 24.1 Å². The molecule has 0 aromatic heterocycles. The Balaban J connectivity index is 2.82. The Labute approximate surface area is 109 Å². The number of rotatable bonds is 7. The summed E-state index contributed by atoms with van der Waals surface area (Å²) in [4.78, 5) is 0. The summed E-state index contributed by atoms with van der Waals surface area (Å²) >= 11 is 0. The minimum absolute atomic E-state index is 0.296. The van der Waals surface area contributed by atoms with Gasteiger partial charge in [-0.05, 0) is 33.8 Å². The Morgan fingerprint density at radius 2 is 2.00 bits per heavy atom. The van der Waals surface area contributed by atoms with Crippen molar-refractivity contribution >= 4 is 0 Å². The van der Waals surface area contributed by atoms with Crippen LogP contribution in [0.2, 0.25) is 0 Å². The fraction of sp³-hybridized carbons (Fsp3) is 0.846. The molecule has 1 rings (SSSR count). The van der Waals surface area contributed by atoms with Crippen LogP contribution in [0.25, 0.3) is 0 Å². The summed E-state index contributed by atoms with van der Waals surface area (Å²) in [6.07, 6.45) is -0.0212. The normalized spacial score (nSPS) is 25.1. The Hall–Kier alpha value is -0.460. The molecule has 5 nitrogen and oxygen atoms in total. The van der Waals surface area contributed by atoms with E-state index in [1.165, 1.54) is 6.08 Å². The topological polar surface area (TPSA) is 57.2 Å². The van der Waals surface area contributed by atoms with E-state index in [4.69, 9.17) is 18.9 Å². The molecule has 0 aromatic carbocycles. The van der Waals surface area contributed by atoms with Crippen molar-refractivity contribution in [2.75, 3.05) is 19.8 Å². The first kappa shape index (κ1) is 15.6. The molecule has 0 saturated carbocycles. The molecule has 0 aliphatic carbocycles. The second-order valence-corrected chi connectivity index (χ2v) is 4.60. The lowest BCUT2D eigenvalue weighted by Gasteiger charge is -2.36. The molecule has 1 aliphatic heterocycles. The van der Waals surface area contributed by atoms with Crippen molar-refractivity contribution in [1.82, 2.24) is 0 Å². The lowest BCUT2D eigenvalue weighted by Crippen LogP contribution is -2.52. The van der Waals surface area contributed by atoms with Gasteiger partial charge in [0.05, 0.1) is 6.61 Å². The van der Waals surface area contributed by atoms with E-state index in [1.54, 1.807) is 13.8 Å². The second-order valence-electron chi connectivity index (χ2n) is 4.60. The van der Waals surface area contributed by atoms with Crippen LogP contribution < -0.4 is 0 Å². The molecule has 0 radical (unpaired) electrons. The minimum Gasteiger partial charge on any atom is -0.384 e. The van der Waals surface area contributed by atoms with Crippen molar-refractivity contribution in [3.05, 3.63) is 12.7 Å². The van der Waals surface area contributed by atoms with Gasteiger partial charge in [-0.25, -0.2) is 0 Å². The van der Waals surface area contributed by atoms with Gasteiger partial charge < -0.3 is 24.1 Å². The predicted molar refractivity (Wildman–Crippen MR) is 67.1 cm³/mol. The molecule has 0 spiro atoms. The van der Waals surface area contributed by atoms with Gasteiger partial charge in [-0.2, -0.15) is 0 Å². The molecule has 106 valence electrons. The van der Waals surface area contributed by atoms with Gasteiger partial charge in [-0.1, -0.05) is 6.58 Å². The molecular weight excluding hydrogens is 236 g/mol.